The van der Waals surface area contributed by atoms with Gasteiger partial charge in [0.1, 0.15) is 0 Å². The van der Waals surface area contributed by atoms with E-state index in [4.69, 9.17) is 0 Å². The Morgan fingerprint density at radius 2 is 2.14 bits per heavy atom. The van der Waals surface area contributed by atoms with Crippen LogP contribution in [0.2, 0.25) is 0 Å². The zero-order valence-electron chi connectivity index (χ0n) is 12.7. The van der Waals surface area contributed by atoms with Gasteiger partial charge in [-0.25, -0.2) is 4.98 Å². The Morgan fingerprint density at radius 3 is 2.71 bits per heavy atom. The van der Waals surface area contributed by atoms with Crippen LogP contribution in [0, 0.1) is 11.8 Å². The monoisotopic (exact) mass is 309 g/mol. The molecule has 1 aliphatic carbocycles. The van der Waals surface area contributed by atoms with Gasteiger partial charge in [0.05, 0.1) is 6.54 Å². The normalized spacial score (nSPS) is 15.4. The molecule has 0 bridgehead atoms. The van der Waals surface area contributed by atoms with Gasteiger partial charge in [0.25, 0.3) is 0 Å². The minimum absolute atomic E-state index is 0.108. The van der Waals surface area contributed by atoms with Crippen molar-refractivity contribution < 1.29 is 9.59 Å². The largest absolute Gasteiger partial charge is 0.333 e. The molecule has 2 amide bonds. The van der Waals surface area contributed by atoms with Crippen LogP contribution in [0.4, 0.5) is 5.13 Å². The average molecular weight is 309 g/mol. The van der Waals surface area contributed by atoms with Gasteiger partial charge < -0.3 is 10.2 Å². The number of hydrogen-bond acceptors (Lipinski definition) is 4. The fraction of sp³-hybridized carbons (Fsp3) is 0.667. The van der Waals surface area contributed by atoms with Crippen LogP contribution >= 0.6 is 11.3 Å². The second kappa shape index (κ2) is 7.54. The minimum Gasteiger partial charge on any atom is -0.333 e. The predicted molar refractivity (Wildman–Crippen MR) is 84.1 cm³/mol. The Kier molecular flexibility index (Phi) is 5.73. The van der Waals surface area contributed by atoms with E-state index in [2.05, 4.69) is 24.1 Å². The molecule has 1 N–H and O–H groups in total. The number of carbonyl (C=O) groups is 2. The highest BCUT2D eigenvalue weighted by atomic mass is 32.1. The highest BCUT2D eigenvalue weighted by Crippen LogP contribution is 2.26. The first-order chi connectivity index (χ1) is 10.1. The van der Waals surface area contributed by atoms with E-state index < -0.39 is 0 Å². The summed E-state index contributed by atoms with van der Waals surface area (Å²) in [4.78, 5) is 30.4. The van der Waals surface area contributed by atoms with E-state index in [1.807, 2.05) is 5.38 Å². The van der Waals surface area contributed by atoms with Gasteiger partial charge in [-0.3, -0.25) is 9.59 Å². The van der Waals surface area contributed by atoms with Gasteiger partial charge in [-0.15, -0.1) is 11.3 Å². The smallest absolute Gasteiger partial charge is 0.245 e. The molecule has 2 rings (SSSR count). The lowest BCUT2D eigenvalue weighted by Crippen LogP contribution is -2.42. The lowest BCUT2D eigenvalue weighted by Gasteiger charge is -2.26. The molecule has 116 valence electrons. The Morgan fingerprint density at radius 1 is 1.43 bits per heavy atom. The third-order valence-corrected chi connectivity index (χ3v) is 4.30. The van der Waals surface area contributed by atoms with E-state index in [1.165, 1.54) is 11.3 Å². The maximum Gasteiger partial charge on any atom is 0.245 e. The lowest BCUT2D eigenvalue weighted by molar-refractivity contribution is -0.138. The summed E-state index contributed by atoms with van der Waals surface area (Å²) in [5.74, 6) is 0.423. The topological polar surface area (TPSA) is 62.3 Å². The maximum absolute atomic E-state index is 12.6. The Balaban J connectivity index is 1.94. The van der Waals surface area contributed by atoms with Crippen LogP contribution in [-0.2, 0) is 9.59 Å². The van der Waals surface area contributed by atoms with Gasteiger partial charge in [0.15, 0.2) is 5.13 Å². The second-order valence-electron chi connectivity index (χ2n) is 5.98. The van der Waals surface area contributed by atoms with Crippen molar-refractivity contribution in [3.8, 4) is 0 Å². The molecule has 6 heteroatoms. The number of nitrogens with zero attached hydrogens (tertiary/aromatic N) is 2. The number of hydrogen-bond donors (Lipinski definition) is 1. The first kappa shape index (κ1) is 15.9. The average Bonchev–Trinajstić information content (AvgIpc) is 3.09. The number of aromatic nitrogens is 1. The molecule has 1 aliphatic rings. The van der Waals surface area contributed by atoms with Crippen molar-refractivity contribution in [2.24, 2.45) is 11.8 Å². The number of nitrogens with one attached hydrogen (secondary N) is 1. The SMILES string of the molecule is CC(C)CN(CC(=O)Nc1nccs1)C(=O)C1CCCC1. The van der Waals surface area contributed by atoms with Crippen LogP contribution in [0.1, 0.15) is 39.5 Å². The summed E-state index contributed by atoms with van der Waals surface area (Å²) in [6.45, 7) is 4.87. The number of carbonyl (C=O) groups excluding carboxylic acids is 2. The molecule has 0 aromatic carbocycles. The zero-order valence-corrected chi connectivity index (χ0v) is 13.5. The number of rotatable bonds is 6. The van der Waals surface area contributed by atoms with Gasteiger partial charge in [0.2, 0.25) is 11.8 Å². The minimum atomic E-state index is -0.169. The van der Waals surface area contributed by atoms with Gasteiger partial charge >= 0.3 is 0 Å². The van der Waals surface area contributed by atoms with E-state index >= 15 is 0 Å². The fourth-order valence-electron chi connectivity index (χ4n) is 2.72. The first-order valence-electron chi connectivity index (χ1n) is 7.54. The van der Waals surface area contributed by atoms with Crippen molar-refractivity contribution in [3.63, 3.8) is 0 Å². The molecule has 1 heterocycles. The molecule has 21 heavy (non-hydrogen) atoms. The van der Waals surface area contributed by atoms with Crippen LogP contribution in [0.25, 0.3) is 0 Å². The molecule has 5 nitrogen and oxygen atoms in total. The number of amides is 2. The third kappa shape index (κ3) is 4.81. The molecule has 0 aliphatic heterocycles. The molecule has 0 spiro atoms. The van der Waals surface area contributed by atoms with Crippen molar-refractivity contribution >= 4 is 28.3 Å². The molecular formula is C15H23N3O2S. The summed E-state index contributed by atoms with van der Waals surface area (Å²) in [5.41, 5.74) is 0. The predicted octanol–water partition coefficient (Wildman–Crippen LogP) is 2.76. The Labute approximate surface area is 129 Å². The van der Waals surface area contributed by atoms with Crippen LogP contribution < -0.4 is 5.32 Å². The van der Waals surface area contributed by atoms with Crippen molar-refractivity contribution in [3.05, 3.63) is 11.6 Å². The quantitative estimate of drug-likeness (QED) is 0.879. The van der Waals surface area contributed by atoms with E-state index in [1.54, 1.807) is 11.1 Å². The summed E-state index contributed by atoms with van der Waals surface area (Å²) in [6.07, 6.45) is 5.81. The standard InChI is InChI=1S/C15H23N3O2S/c1-11(2)9-18(14(20)12-5-3-4-6-12)10-13(19)17-15-16-7-8-21-15/h7-8,11-12H,3-6,9-10H2,1-2H3,(H,16,17,19). The molecule has 0 radical (unpaired) electrons. The highest BCUT2D eigenvalue weighted by Gasteiger charge is 2.28. The van der Waals surface area contributed by atoms with Crippen molar-refractivity contribution in [1.29, 1.82) is 0 Å². The van der Waals surface area contributed by atoms with E-state index in [-0.39, 0.29) is 24.3 Å². The van der Waals surface area contributed by atoms with Gasteiger partial charge in [-0.05, 0) is 18.8 Å². The second-order valence-corrected chi connectivity index (χ2v) is 6.87. The summed E-state index contributed by atoms with van der Waals surface area (Å²) in [5, 5.41) is 5.14. The summed E-state index contributed by atoms with van der Waals surface area (Å²) in [6, 6.07) is 0. The summed E-state index contributed by atoms with van der Waals surface area (Å²) >= 11 is 1.38. The molecular weight excluding hydrogens is 286 g/mol. The van der Waals surface area contributed by atoms with Crippen LogP contribution in [-0.4, -0.2) is 34.8 Å². The highest BCUT2D eigenvalue weighted by molar-refractivity contribution is 7.13. The molecule has 0 saturated heterocycles. The molecule has 1 saturated carbocycles. The van der Waals surface area contributed by atoms with Gasteiger partial charge in [-0.2, -0.15) is 0 Å². The van der Waals surface area contributed by atoms with Gasteiger partial charge in [-0.1, -0.05) is 26.7 Å². The van der Waals surface area contributed by atoms with Crippen LogP contribution in [0.5, 0.6) is 0 Å². The molecule has 1 fully saturated rings. The van der Waals surface area contributed by atoms with E-state index in [0.29, 0.717) is 17.6 Å². The van der Waals surface area contributed by atoms with E-state index in [0.717, 1.165) is 25.7 Å². The maximum atomic E-state index is 12.6. The summed E-state index contributed by atoms with van der Waals surface area (Å²) in [7, 11) is 0. The van der Waals surface area contributed by atoms with E-state index in [9.17, 15) is 9.59 Å². The summed E-state index contributed by atoms with van der Waals surface area (Å²) < 4.78 is 0. The van der Waals surface area contributed by atoms with Crippen LogP contribution in [0.15, 0.2) is 11.6 Å². The van der Waals surface area contributed by atoms with Gasteiger partial charge in [0, 0.05) is 24.0 Å². The molecule has 1 aromatic heterocycles. The number of anilines is 1. The Hall–Kier alpha value is -1.43. The molecule has 0 unspecified atom stereocenters. The molecule has 0 atom stereocenters. The first-order valence-corrected chi connectivity index (χ1v) is 8.42. The van der Waals surface area contributed by atoms with Crippen molar-refractivity contribution in [1.82, 2.24) is 9.88 Å². The fourth-order valence-corrected chi connectivity index (χ4v) is 3.27. The van der Waals surface area contributed by atoms with Crippen molar-refractivity contribution in [2.45, 2.75) is 39.5 Å². The zero-order chi connectivity index (χ0) is 15.2. The third-order valence-electron chi connectivity index (χ3n) is 3.61. The number of thiazole rings is 1. The molecule has 1 aromatic rings. The lowest BCUT2D eigenvalue weighted by atomic mass is 10.1. The van der Waals surface area contributed by atoms with Crippen molar-refractivity contribution in [2.75, 3.05) is 18.4 Å². The van der Waals surface area contributed by atoms with Crippen LogP contribution in [0.3, 0.4) is 0 Å². The Bertz CT molecular complexity index is 467.